The Bertz CT molecular complexity index is 2560. The van der Waals surface area contributed by atoms with Crippen molar-refractivity contribution >= 4 is 58.7 Å². The maximum atomic E-state index is 14.5. The molecule has 2 aromatic heterocycles. The fraction of sp³-hybridized carbons (Fsp3) is 0.302. The second-order valence-corrected chi connectivity index (χ2v) is 16.9. The van der Waals surface area contributed by atoms with Gasteiger partial charge >= 0.3 is 6.09 Å². The van der Waals surface area contributed by atoms with Crippen molar-refractivity contribution in [2.24, 2.45) is 0 Å². The second kappa shape index (κ2) is 15.0. The predicted molar refractivity (Wildman–Crippen MR) is 218 cm³/mol. The lowest BCUT2D eigenvalue weighted by atomic mass is 9.91. The molecule has 4 amide bonds. The number of amides is 4. The van der Waals surface area contributed by atoms with Gasteiger partial charge in [0.2, 0.25) is 11.9 Å². The van der Waals surface area contributed by atoms with E-state index in [1.807, 2.05) is 30.3 Å². The maximum Gasteiger partial charge on any atom is 0.408 e. The number of rotatable bonds is 12. The number of hydrogen-bond acceptors (Lipinski definition) is 9. The van der Waals surface area contributed by atoms with E-state index in [4.69, 9.17) is 27.9 Å². The molecule has 5 aromatic rings. The van der Waals surface area contributed by atoms with Gasteiger partial charge in [-0.15, -0.1) is 0 Å². The number of carbonyl (C=O) groups excluding carboxylic acids is 4. The Balaban J connectivity index is 0.993. The molecule has 3 heterocycles. The predicted octanol–water partition coefficient (Wildman–Crippen LogP) is 6.86. The quantitative estimate of drug-likeness (QED) is 0.113. The number of imidazole rings is 1. The van der Waals surface area contributed by atoms with Crippen molar-refractivity contribution in [1.82, 2.24) is 35.7 Å². The molecule has 60 heavy (non-hydrogen) atoms. The molecule has 0 radical (unpaired) electrons. The van der Waals surface area contributed by atoms with Crippen LogP contribution in [0.15, 0.2) is 85.1 Å². The average Bonchev–Trinajstić information content (AvgIpc) is 4.14. The van der Waals surface area contributed by atoms with E-state index in [2.05, 4.69) is 37.2 Å². The lowest BCUT2D eigenvalue weighted by Gasteiger charge is -2.27. The summed E-state index contributed by atoms with van der Waals surface area (Å²) in [6.45, 7) is 5.33. The van der Waals surface area contributed by atoms with Gasteiger partial charge in [0.15, 0.2) is 5.82 Å². The van der Waals surface area contributed by atoms with Crippen LogP contribution in [-0.4, -0.2) is 49.1 Å². The molecule has 2 saturated carbocycles. The van der Waals surface area contributed by atoms with Gasteiger partial charge in [-0.05, 0) is 94.0 Å². The van der Waals surface area contributed by atoms with E-state index in [1.54, 1.807) is 57.2 Å². The number of anilines is 2. The largest absolute Gasteiger partial charge is 0.445 e. The highest BCUT2D eigenvalue weighted by atomic mass is 35.5. The molecule has 0 spiro atoms. The standard InChI is InChI=1S/C43H38Cl2FN9O5/c1-40(2,51-39(59)60-24-27-7-5-4-6-8-27)32-13-14-33(53-52-32)42(15-16-42)50-36(57)43(17-18-43)49-35(56)31-23-48-38-54(28-19-29(44)34(46)30(45)20-28)37(58)41(3,55(31)38)21-25-9-11-26(22-47)12-10-25/h4-14,19-20,23H,15-18,21,24H2,1-3H3,(H,49,56)(H,50,57)(H,51,59)/t41-/m1/s1. The van der Waals surface area contributed by atoms with Crippen LogP contribution in [0.1, 0.15) is 85.0 Å². The lowest BCUT2D eigenvalue weighted by Crippen LogP contribution is -2.52. The summed E-state index contributed by atoms with van der Waals surface area (Å²) >= 11 is 12.3. The third-order valence-corrected chi connectivity index (χ3v) is 11.8. The molecular weight excluding hydrogens is 812 g/mol. The van der Waals surface area contributed by atoms with Gasteiger partial charge in [-0.3, -0.25) is 19.0 Å². The number of aromatic nitrogens is 4. The smallest absolute Gasteiger partial charge is 0.408 e. The zero-order valence-corrected chi connectivity index (χ0v) is 34.2. The van der Waals surface area contributed by atoms with Crippen molar-refractivity contribution in [3.05, 3.63) is 135 Å². The van der Waals surface area contributed by atoms with Crippen LogP contribution in [0.5, 0.6) is 0 Å². The number of nitrogens with zero attached hydrogens (tertiary/aromatic N) is 6. The number of ether oxygens (including phenoxy) is 1. The van der Waals surface area contributed by atoms with Gasteiger partial charge in [-0.1, -0.05) is 65.7 Å². The Morgan fingerprint density at radius 3 is 2.22 bits per heavy atom. The molecule has 3 aliphatic rings. The molecule has 2 aliphatic carbocycles. The highest BCUT2D eigenvalue weighted by Gasteiger charge is 2.58. The van der Waals surface area contributed by atoms with Crippen LogP contribution in [-0.2, 0) is 44.0 Å². The van der Waals surface area contributed by atoms with Crippen molar-refractivity contribution < 1.29 is 28.3 Å². The number of nitrogens with one attached hydrogen (secondary N) is 3. The first-order valence-corrected chi connectivity index (χ1v) is 19.9. The molecular formula is C43H38Cl2FN9O5. The van der Waals surface area contributed by atoms with Gasteiger partial charge in [-0.25, -0.2) is 19.1 Å². The zero-order valence-electron chi connectivity index (χ0n) is 32.7. The average molecular weight is 851 g/mol. The monoisotopic (exact) mass is 849 g/mol. The van der Waals surface area contributed by atoms with Crippen molar-refractivity contribution in [3.63, 3.8) is 0 Å². The Kier molecular flexibility index (Phi) is 10.1. The summed E-state index contributed by atoms with van der Waals surface area (Å²) in [7, 11) is 0. The number of fused-ring (bicyclic) bond motifs is 1. The van der Waals surface area contributed by atoms with Crippen molar-refractivity contribution in [1.29, 1.82) is 5.26 Å². The normalized spacial score (nSPS) is 18.2. The van der Waals surface area contributed by atoms with E-state index in [0.717, 1.165) is 5.56 Å². The van der Waals surface area contributed by atoms with Crippen LogP contribution >= 0.6 is 23.2 Å². The first-order valence-electron chi connectivity index (χ1n) is 19.1. The number of hydrogen-bond donors (Lipinski definition) is 3. The molecule has 0 unspecified atom stereocenters. The second-order valence-electron chi connectivity index (χ2n) is 16.1. The number of halogens is 3. The molecule has 14 nitrogen and oxygen atoms in total. The first-order chi connectivity index (χ1) is 28.6. The molecule has 17 heteroatoms. The zero-order chi connectivity index (χ0) is 42.6. The highest BCUT2D eigenvalue weighted by Crippen LogP contribution is 2.48. The van der Waals surface area contributed by atoms with E-state index >= 15 is 0 Å². The minimum Gasteiger partial charge on any atom is -0.445 e. The summed E-state index contributed by atoms with van der Waals surface area (Å²) in [6, 6.07) is 24.1. The summed E-state index contributed by atoms with van der Waals surface area (Å²) in [6.07, 6.45) is 2.73. The summed E-state index contributed by atoms with van der Waals surface area (Å²) in [4.78, 5) is 61.0. The molecule has 1 aliphatic heterocycles. The van der Waals surface area contributed by atoms with Crippen LogP contribution in [0, 0.1) is 17.1 Å². The molecule has 3 N–H and O–H groups in total. The topological polar surface area (TPSA) is 184 Å². The molecule has 2 fully saturated rings. The Labute approximate surface area is 354 Å². The summed E-state index contributed by atoms with van der Waals surface area (Å²) < 4.78 is 21.4. The van der Waals surface area contributed by atoms with Crippen LogP contribution in [0.3, 0.4) is 0 Å². The molecule has 8 rings (SSSR count). The van der Waals surface area contributed by atoms with E-state index in [1.165, 1.54) is 27.8 Å². The van der Waals surface area contributed by atoms with Crippen molar-refractivity contribution in [2.45, 2.75) is 81.6 Å². The van der Waals surface area contributed by atoms with E-state index in [0.29, 0.717) is 48.2 Å². The third kappa shape index (κ3) is 7.41. The third-order valence-electron chi connectivity index (χ3n) is 11.3. The lowest BCUT2D eigenvalue weighted by molar-refractivity contribution is -0.125. The Morgan fingerprint density at radius 1 is 0.933 bits per heavy atom. The van der Waals surface area contributed by atoms with Gasteiger partial charge in [-0.2, -0.15) is 15.5 Å². The van der Waals surface area contributed by atoms with Gasteiger partial charge in [0.05, 0.1) is 56.0 Å². The van der Waals surface area contributed by atoms with Gasteiger partial charge < -0.3 is 20.7 Å². The van der Waals surface area contributed by atoms with Gasteiger partial charge in [0.1, 0.15) is 23.4 Å². The molecule has 0 saturated heterocycles. The molecule has 306 valence electrons. The van der Waals surface area contributed by atoms with Crippen molar-refractivity contribution in [3.8, 4) is 6.07 Å². The summed E-state index contributed by atoms with van der Waals surface area (Å²) in [5.74, 6) is -2.31. The van der Waals surface area contributed by atoms with Crippen LogP contribution in [0.2, 0.25) is 10.0 Å². The highest BCUT2D eigenvalue weighted by molar-refractivity contribution is 6.35. The number of carbonyl (C=O) groups is 4. The molecule has 0 bridgehead atoms. The Morgan fingerprint density at radius 2 is 1.62 bits per heavy atom. The first kappa shape index (κ1) is 40.4. The van der Waals surface area contributed by atoms with E-state index in [9.17, 15) is 28.8 Å². The fourth-order valence-corrected chi connectivity index (χ4v) is 7.92. The minimum absolute atomic E-state index is 0.0122. The van der Waals surface area contributed by atoms with Crippen molar-refractivity contribution in [2.75, 3.05) is 4.90 Å². The minimum atomic E-state index is -1.45. The van der Waals surface area contributed by atoms with Crippen LogP contribution < -0.4 is 20.9 Å². The SMILES string of the molecule is CC(C)(NC(=O)OCc1ccccc1)c1ccc(C2(NC(=O)C3(NC(=O)c4cnc5n4[C@](C)(Cc4ccc(C#N)cc4)C(=O)N5c4cc(Cl)c(F)c(Cl)c4)CC3)CC2)nn1. The maximum absolute atomic E-state index is 14.5. The van der Waals surface area contributed by atoms with Crippen LogP contribution in [0.25, 0.3) is 0 Å². The number of nitriles is 1. The van der Waals surface area contributed by atoms with Gasteiger partial charge in [0.25, 0.3) is 11.8 Å². The summed E-state index contributed by atoms with van der Waals surface area (Å²) in [5.41, 5.74) is -1.25. The molecule has 3 aromatic carbocycles. The number of alkyl carbamates (subject to hydrolysis) is 1. The van der Waals surface area contributed by atoms with Crippen LogP contribution in [0.4, 0.5) is 20.8 Å². The fourth-order valence-electron chi connectivity index (χ4n) is 7.45. The molecule has 1 atom stereocenters. The van der Waals surface area contributed by atoms with Gasteiger partial charge in [0, 0.05) is 6.42 Å². The van der Waals surface area contributed by atoms with E-state index in [-0.39, 0.29) is 40.4 Å². The van der Waals surface area contributed by atoms with E-state index < -0.39 is 51.8 Å². The number of benzene rings is 3. The summed E-state index contributed by atoms with van der Waals surface area (Å²) in [5, 5.41) is 26.4. The Hall–Kier alpha value is -6.37.